The van der Waals surface area contributed by atoms with E-state index in [1.54, 1.807) is 0 Å². The SMILES string of the molecule is C=C(C)CCNC(=C)CC(C)C. The first-order chi connectivity index (χ1) is 5.52. The van der Waals surface area contributed by atoms with Gasteiger partial charge in [-0.1, -0.05) is 26.0 Å². The van der Waals surface area contributed by atoms with Gasteiger partial charge in [-0.2, -0.15) is 0 Å². The molecule has 1 nitrogen and oxygen atoms in total. The maximum absolute atomic E-state index is 3.95. The zero-order valence-electron chi connectivity index (χ0n) is 8.61. The number of hydrogen-bond donors (Lipinski definition) is 1. The lowest BCUT2D eigenvalue weighted by molar-refractivity contribution is 0.602. The van der Waals surface area contributed by atoms with Crippen LogP contribution >= 0.6 is 0 Å². The topological polar surface area (TPSA) is 12.0 Å². The first kappa shape index (κ1) is 11.3. The summed E-state index contributed by atoms with van der Waals surface area (Å²) in [7, 11) is 0. The van der Waals surface area contributed by atoms with Crippen LogP contribution in [0.1, 0.15) is 33.6 Å². The summed E-state index contributed by atoms with van der Waals surface area (Å²) in [5.74, 6) is 0.690. The van der Waals surface area contributed by atoms with Crippen LogP contribution < -0.4 is 5.32 Å². The quantitative estimate of drug-likeness (QED) is 0.599. The molecule has 1 N–H and O–H groups in total. The van der Waals surface area contributed by atoms with Crippen molar-refractivity contribution in [3.63, 3.8) is 0 Å². The van der Waals surface area contributed by atoms with Gasteiger partial charge < -0.3 is 5.32 Å². The van der Waals surface area contributed by atoms with E-state index in [0.29, 0.717) is 5.92 Å². The maximum Gasteiger partial charge on any atom is 0.0180 e. The Morgan fingerprint density at radius 3 is 2.33 bits per heavy atom. The number of allylic oxidation sites excluding steroid dienone is 1. The van der Waals surface area contributed by atoms with Crippen LogP contribution in [0, 0.1) is 5.92 Å². The lowest BCUT2D eigenvalue weighted by atomic mass is 10.1. The van der Waals surface area contributed by atoms with Gasteiger partial charge in [0.2, 0.25) is 0 Å². The molecule has 0 aromatic rings. The summed E-state index contributed by atoms with van der Waals surface area (Å²) in [6.07, 6.45) is 2.10. The van der Waals surface area contributed by atoms with Crippen LogP contribution in [0.4, 0.5) is 0 Å². The van der Waals surface area contributed by atoms with Crippen molar-refractivity contribution in [3.05, 3.63) is 24.4 Å². The van der Waals surface area contributed by atoms with Gasteiger partial charge in [0.15, 0.2) is 0 Å². The van der Waals surface area contributed by atoms with E-state index in [9.17, 15) is 0 Å². The highest BCUT2D eigenvalue weighted by molar-refractivity contribution is 4.95. The van der Waals surface area contributed by atoms with Gasteiger partial charge >= 0.3 is 0 Å². The second-order valence-electron chi connectivity index (χ2n) is 3.84. The summed E-state index contributed by atoms with van der Waals surface area (Å²) in [5.41, 5.74) is 2.37. The Hall–Kier alpha value is -0.720. The molecule has 0 unspecified atom stereocenters. The average molecular weight is 167 g/mol. The molecule has 12 heavy (non-hydrogen) atoms. The van der Waals surface area contributed by atoms with E-state index in [2.05, 4.69) is 32.3 Å². The standard InChI is InChI=1S/C11H21N/c1-9(2)6-7-12-11(5)8-10(3)4/h10,12H,1,5-8H2,2-4H3. The predicted octanol–water partition coefficient (Wildman–Crippen LogP) is 3.10. The molecule has 0 aliphatic heterocycles. The monoisotopic (exact) mass is 167 g/mol. The third-order valence-electron chi connectivity index (χ3n) is 1.58. The highest BCUT2D eigenvalue weighted by Gasteiger charge is 1.97. The molecule has 70 valence electrons. The van der Waals surface area contributed by atoms with Gasteiger partial charge in [0.05, 0.1) is 0 Å². The maximum atomic E-state index is 3.95. The van der Waals surface area contributed by atoms with Gasteiger partial charge in [-0.3, -0.25) is 0 Å². The summed E-state index contributed by atoms with van der Waals surface area (Å²) in [5, 5.41) is 3.29. The molecule has 0 aromatic carbocycles. The first-order valence-corrected chi connectivity index (χ1v) is 4.58. The highest BCUT2D eigenvalue weighted by Crippen LogP contribution is 2.05. The summed E-state index contributed by atoms with van der Waals surface area (Å²) in [4.78, 5) is 0. The fraction of sp³-hybridized carbons (Fsp3) is 0.636. The van der Waals surface area contributed by atoms with Crippen molar-refractivity contribution < 1.29 is 0 Å². The number of hydrogen-bond acceptors (Lipinski definition) is 1. The molecule has 0 heterocycles. The van der Waals surface area contributed by atoms with Crippen molar-refractivity contribution >= 4 is 0 Å². The van der Waals surface area contributed by atoms with Gasteiger partial charge in [0, 0.05) is 12.2 Å². The van der Waals surface area contributed by atoms with Crippen LogP contribution in [0.3, 0.4) is 0 Å². The third-order valence-corrected chi connectivity index (χ3v) is 1.58. The van der Waals surface area contributed by atoms with Crippen LogP contribution in [0.25, 0.3) is 0 Å². The third kappa shape index (κ3) is 7.39. The molecule has 1 heteroatoms. The van der Waals surface area contributed by atoms with Crippen molar-refractivity contribution in [2.24, 2.45) is 5.92 Å². The van der Waals surface area contributed by atoms with Gasteiger partial charge in [-0.25, -0.2) is 0 Å². The Labute approximate surface area is 76.6 Å². The van der Waals surface area contributed by atoms with Crippen molar-refractivity contribution in [1.82, 2.24) is 5.32 Å². The van der Waals surface area contributed by atoms with Gasteiger partial charge in [0.1, 0.15) is 0 Å². The lowest BCUT2D eigenvalue weighted by Gasteiger charge is -2.11. The molecule has 0 amide bonds. The van der Waals surface area contributed by atoms with E-state index in [-0.39, 0.29) is 0 Å². The Balaban J connectivity index is 3.38. The molecule has 0 aliphatic carbocycles. The van der Waals surface area contributed by atoms with E-state index in [1.165, 1.54) is 5.57 Å². The van der Waals surface area contributed by atoms with Crippen LogP contribution in [-0.4, -0.2) is 6.54 Å². The Bertz CT molecular complexity index is 156. The zero-order valence-corrected chi connectivity index (χ0v) is 8.61. The van der Waals surface area contributed by atoms with E-state index < -0.39 is 0 Å². The largest absolute Gasteiger partial charge is 0.388 e. The zero-order chi connectivity index (χ0) is 9.56. The fourth-order valence-corrected chi connectivity index (χ4v) is 1.02. The molecule has 0 fully saturated rings. The minimum Gasteiger partial charge on any atom is -0.388 e. The summed E-state index contributed by atoms with van der Waals surface area (Å²) in [6.45, 7) is 15.2. The number of nitrogens with one attached hydrogen (secondary N) is 1. The smallest absolute Gasteiger partial charge is 0.0180 e. The van der Waals surface area contributed by atoms with Crippen molar-refractivity contribution in [1.29, 1.82) is 0 Å². The molecular weight excluding hydrogens is 146 g/mol. The molecule has 0 saturated heterocycles. The highest BCUT2D eigenvalue weighted by atomic mass is 14.9. The van der Waals surface area contributed by atoms with Crippen LogP contribution in [-0.2, 0) is 0 Å². The van der Waals surface area contributed by atoms with E-state index in [1.807, 2.05) is 6.92 Å². The van der Waals surface area contributed by atoms with Crippen LogP contribution in [0.2, 0.25) is 0 Å². The average Bonchev–Trinajstić information content (AvgIpc) is 1.84. The molecule has 0 atom stereocenters. The van der Waals surface area contributed by atoms with Crippen LogP contribution in [0.15, 0.2) is 24.4 Å². The Morgan fingerprint density at radius 1 is 1.33 bits per heavy atom. The normalized spacial score (nSPS) is 10.0. The molecule has 0 rings (SSSR count). The lowest BCUT2D eigenvalue weighted by Crippen LogP contribution is -2.15. The summed E-state index contributed by atoms with van der Waals surface area (Å²) in [6, 6.07) is 0. The molecule has 0 saturated carbocycles. The van der Waals surface area contributed by atoms with Crippen molar-refractivity contribution in [2.45, 2.75) is 33.6 Å². The van der Waals surface area contributed by atoms with Crippen molar-refractivity contribution in [2.75, 3.05) is 6.54 Å². The fourth-order valence-electron chi connectivity index (χ4n) is 1.02. The van der Waals surface area contributed by atoms with Gasteiger partial charge in [0.25, 0.3) is 0 Å². The molecular formula is C11H21N. The molecule has 0 aromatic heterocycles. The second kappa shape index (κ2) is 5.87. The molecule has 0 spiro atoms. The predicted molar refractivity (Wildman–Crippen MR) is 56.0 cm³/mol. The van der Waals surface area contributed by atoms with E-state index >= 15 is 0 Å². The van der Waals surface area contributed by atoms with Gasteiger partial charge in [-0.15, -0.1) is 6.58 Å². The minimum absolute atomic E-state index is 0.690. The van der Waals surface area contributed by atoms with Crippen LogP contribution in [0.5, 0.6) is 0 Å². The minimum atomic E-state index is 0.690. The Kier molecular flexibility index (Phi) is 5.52. The first-order valence-electron chi connectivity index (χ1n) is 4.58. The summed E-state index contributed by atoms with van der Waals surface area (Å²) >= 11 is 0. The van der Waals surface area contributed by atoms with Gasteiger partial charge in [-0.05, 0) is 25.7 Å². The second-order valence-corrected chi connectivity index (χ2v) is 3.84. The number of rotatable bonds is 6. The van der Waals surface area contributed by atoms with E-state index in [0.717, 1.165) is 25.1 Å². The van der Waals surface area contributed by atoms with Crippen molar-refractivity contribution in [3.8, 4) is 0 Å². The molecule has 0 bridgehead atoms. The molecule has 0 aliphatic rings. The van der Waals surface area contributed by atoms with E-state index in [4.69, 9.17) is 0 Å². The Morgan fingerprint density at radius 2 is 1.92 bits per heavy atom. The molecule has 0 radical (unpaired) electrons. The summed E-state index contributed by atoms with van der Waals surface area (Å²) < 4.78 is 0.